The molecule has 2 unspecified atom stereocenters. The molecule has 1 aliphatic heterocycles. The largest absolute Gasteiger partial charge is 0.398 e. The van der Waals surface area contributed by atoms with Crippen LogP contribution in [0.5, 0.6) is 0 Å². The lowest BCUT2D eigenvalue weighted by atomic mass is 9.85. The number of nitrogens with two attached hydrogens (primary N) is 1. The summed E-state index contributed by atoms with van der Waals surface area (Å²) in [5.41, 5.74) is 7.29. The van der Waals surface area contributed by atoms with Crippen LogP contribution in [0.1, 0.15) is 32.1 Å². The van der Waals surface area contributed by atoms with Crippen LogP contribution in [0.2, 0.25) is 0 Å². The van der Waals surface area contributed by atoms with Gasteiger partial charge in [-0.15, -0.1) is 0 Å². The maximum Gasteiger partial charge on any atom is 0.273 e. The van der Waals surface area contributed by atoms with Crippen molar-refractivity contribution in [3.63, 3.8) is 0 Å². The fourth-order valence-electron chi connectivity index (χ4n) is 3.62. The van der Waals surface area contributed by atoms with Crippen LogP contribution >= 0.6 is 0 Å². The number of rotatable bonds is 2. The molecule has 0 spiro atoms. The number of fused-ring (bicyclic) bond motifs is 1. The molecule has 102 valence electrons. The molecule has 1 saturated carbocycles. The van der Waals surface area contributed by atoms with Crippen LogP contribution in [0.15, 0.2) is 18.2 Å². The summed E-state index contributed by atoms with van der Waals surface area (Å²) < 4.78 is 0. The highest BCUT2D eigenvalue weighted by atomic mass is 16.6. The summed E-state index contributed by atoms with van der Waals surface area (Å²) in [4.78, 5) is 12.9. The average molecular weight is 261 g/mol. The molecule has 0 bridgehead atoms. The number of nitrogens with zero attached hydrogens (tertiary/aromatic N) is 2. The van der Waals surface area contributed by atoms with Crippen molar-refractivity contribution in [2.24, 2.45) is 5.92 Å². The Morgan fingerprint density at radius 2 is 2.00 bits per heavy atom. The maximum absolute atomic E-state index is 10.9. The predicted molar refractivity (Wildman–Crippen MR) is 75.2 cm³/mol. The molecular weight excluding hydrogens is 242 g/mol. The van der Waals surface area contributed by atoms with Crippen LogP contribution in [0.25, 0.3) is 0 Å². The van der Waals surface area contributed by atoms with E-state index in [1.807, 2.05) is 6.07 Å². The fourth-order valence-corrected chi connectivity index (χ4v) is 3.62. The van der Waals surface area contributed by atoms with E-state index in [2.05, 4.69) is 4.90 Å². The van der Waals surface area contributed by atoms with E-state index in [1.54, 1.807) is 6.07 Å². The Morgan fingerprint density at radius 1 is 1.21 bits per heavy atom. The fraction of sp³-hybridized carbons (Fsp3) is 0.571. The molecule has 5 heteroatoms. The second kappa shape index (κ2) is 4.72. The summed E-state index contributed by atoms with van der Waals surface area (Å²) in [6.07, 6.45) is 6.29. The van der Waals surface area contributed by atoms with Crippen molar-refractivity contribution in [1.29, 1.82) is 0 Å². The van der Waals surface area contributed by atoms with Crippen molar-refractivity contribution in [3.05, 3.63) is 28.3 Å². The van der Waals surface area contributed by atoms with Gasteiger partial charge in [0.25, 0.3) is 5.69 Å². The lowest BCUT2D eigenvalue weighted by molar-refractivity contribution is -0.384. The van der Waals surface area contributed by atoms with E-state index >= 15 is 0 Å². The van der Waals surface area contributed by atoms with Crippen molar-refractivity contribution in [2.45, 2.75) is 38.1 Å². The van der Waals surface area contributed by atoms with Crippen molar-refractivity contribution in [3.8, 4) is 0 Å². The standard InChI is InChI=1S/C14H19N3O2/c15-11-7-12(9-13(8-11)17(18)19)16-6-5-10-3-1-2-4-14(10)16/h7-10,14H,1-6,15H2. The normalized spacial score (nSPS) is 26.2. The van der Waals surface area contributed by atoms with Gasteiger partial charge in [-0.3, -0.25) is 10.1 Å². The SMILES string of the molecule is Nc1cc(N2CCC3CCCCC32)cc([N+](=O)[O-])c1. The molecule has 0 radical (unpaired) electrons. The van der Waals surface area contributed by atoms with Crippen molar-refractivity contribution >= 4 is 17.1 Å². The molecular formula is C14H19N3O2. The summed E-state index contributed by atoms with van der Waals surface area (Å²) in [5, 5.41) is 10.9. The second-order valence-corrected chi connectivity index (χ2v) is 5.63. The molecule has 2 N–H and O–H groups in total. The van der Waals surface area contributed by atoms with Crippen molar-refractivity contribution in [2.75, 3.05) is 17.2 Å². The number of nitrogen functional groups attached to an aromatic ring is 1. The number of nitro groups is 1. The molecule has 19 heavy (non-hydrogen) atoms. The molecule has 1 heterocycles. The van der Waals surface area contributed by atoms with E-state index in [-0.39, 0.29) is 10.6 Å². The lowest BCUT2D eigenvalue weighted by Crippen LogP contribution is -2.34. The summed E-state index contributed by atoms with van der Waals surface area (Å²) in [7, 11) is 0. The lowest BCUT2D eigenvalue weighted by Gasteiger charge is -2.33. The second-order valence-electron chi connectivity index (χ2n) is 5.63. The van der Waals surface area contributed by atoms with Gasteiger partial charge in [-0.1, -0.05) is 12.8 Å². The first-order chi connectivity index (χ1) is 9.15. The monoisotopic (exact) mass is 261 g/mol. The van der Waals surface area contributed by atoms with Gasteiger partial charge in [0.2, 0.25) is 0 Å². The number of non-ortho nitro benzene ring substituents is 1. The van der Waals surface area contributed by atoms with Crippen molar-refractivity contribution < 1.29 is 4.92 Å². The smallest absolute Gasteiger partial charge is 0.273 e. The van der Waals surface area contributed by atoms with E-state index in [0.717, 1.165) is 18.2 Å². The minimum Gasteiger partial charge on any atom is -0.398 e. The molecule has 1 aliphatic carbocycles. The highest BCUT2D eigenvalue weighted by Gasteiger charge is 2.36. The molecule has 2 aliphatic rings. The first-order valence-electron chi connectivity index (χ1n) is 6.97. The first kappa shape index (κ1) is 12.3. The van der Waals surface area contributed by atoms with Gasteiger partial charge in [-0.25, -0.2) is 0 Å². The highest BCUT2D eigenvalue weighted by Crippen LogP contribution is 2.40. The van der Waals surface area contributed by atoms with Crippen LogP contribution in [-0.4, -0.2) is 17.5 Å². The first-order valence-corrected chi connectivity index (χ1v) is 6.97. The Morgan fingerprint density at radius 3 is 2.79 bits per heavy atom. The zero-order chi connectivity index (χ0) is 13.4. The van der Waals surface area contributed by atoms with Crippen LogP contribution in [0.4, 0.5) is 17.1 Å². The number of benzene rings is 1. The molecule has 3 rings (SSSR count). The van der Waals surface area contributed by atoms with Gasteiger partial charge in [0, 0.05) is 36.1 Å². The van der Waals surface area contributed by atoms with Gasteiger partial charge in [0.05, 0.1) is 4.92 Å². The number of hydrogen-bond donors (Lipinski definition) is 1. The minimum atomic E-state index is -0.367. The Kier molecular flexibility index (Phi) is 3.05. The topological polar surface area (TPSA) is 72.4 Å². The van der Waals surface area contributed by atoms with E-state index in [9.17, 15) is 10.1 Å². The number of nitro benzene ring substituents is 1. The summed E-state index contributed by atoms with van der Waals surface area (Å²) >= 11 is 0. The Hall–Kier alpha value is -1.78. The molecule has 2 fully saturated rings. The quantitative estimate of drug-likeness (QED) is 0.504. The molecule has 0 amide bonds. The third-order valence-corrected chi connectivity index (χ3v) is 4.48. The molecule has 2 atom stereocenters. The molecule has 1 aromatic carbocycles. The van der Waals surface area contributed by atoms with Gasteiger partial charge >= 0.3 is 0 Å². The highest BCUT2D eigenvalue weighted by molar-refractivity contribution is 5.63. The number of anilines is 2. The third-order valence-electron chi connectivity index (χ3n) is 4.48. The molecule has 1 saturated heterocycles. The average Bonchev–Trinajstić information content (AvgIpc) is 2.81. The Bertz CT molecular complexity index is 503. The van der Waals surface area contributed by atoms with Crippen LogP contribution < -0.4 is 10.6 Å². The summed E-state index contributed by atoms with van der Waals surface area (Å²) in [6.45, 7) is 0.996. The van der Waals surface area contributed by atoms with Gasteiger partial charge in [-0.2, -0.15) is 0 Å². The minimum absolute atomic E-state index is 0.0919. The van der Waals surface area contributed by atoms with Gasteiger partial charge in [0.15, 0.2) is 0 Å². The third kappa shape index (κ3) is 2.25. The van der Waals surface area contributed by atoms with E-state index in [4.69, 9.17) is 5.73 Å². The van der Waals surface area contributed by atoms with Gasteiger partial charge in [0.1, 0.15) is 0 Å². The maximum atomic E-state index is 10.9. The molecule has 5 nitrogen and oxygen atoms in total. The summed E-state index contributed by atoms with van der Waals surface area (Å²) in [6, 6.07) is 5.50. The Balaban J connectivity index is 1.91. The van der Waals surface area contributed by atoms with E-state index in [0.29, 0.717) is 11.7 Å². The number of hydrogen-bond acceptors (Lipinski definition) is 4. The van der Waals surface area contributed by atoms with Crippen LogP contribution in [0.3, 0.4) is 0 Å². The van der Waals surface area contributed by atoms with Crippen molar-refractivity contribution in [1.82, 2.24) is 0 Å². The van der Waals surface area contributed by atoms with Gasteiger partial charge in [-0.05, 0) is 31.2 Å². The molecule has 0 aromatic heterocycles. The zero-order valence-electron chi connectivity index (χ0n) is 10.9. The van der Waals surface area contributed by atoms with E-state index in [1.165, 1.54) is 38.2 Å². The Labute approximate surface area is 112 Å². The van der Waals surface area contributed by atoms with E-state index < -0.39 is 0 Å². The zero-order valence-corrected chi connectivity index (χ0v) is 10.9. The molecule has 1 aromatic rings. The van der Waals surface area contributed by atoms with Crippen LogP contribution in [-0.2, 0) is 0 Å². The predicted octanol–water partition coefficient (Wildman–Crippen LogP) is 2.95. The summed E-state index contributed by atoms with van der Waals surface area (Å²) in [5.74, 6) is 0.759. The van der Waals surface area contributed by atoms with Gasteiger partial charge < -0.3 is 10.6 Å². The van der Waals surface area contributed by atoms with Crippen LogP contribution in [0, 0.1) is 16.0 Å².